The normalized spacial score (nSPS) is 10.0. The molecule has 0 aromatic carbocycles. The molecular formula is C17H24N2. The summed E-state index contributed by atoms with van der Waals surface area (Å²) < 4.78 is 0. The van der Waals surface area contributed by atoms with Gasteiger partial charge in [-0.25, -0.2) is 0 Å². The highest BCUT2D eigenvalue weighted by Crippen LogP contribution is 2.18. The van der Waals surface area contributed by atoms with E-state index in [4.69, 9.17) is 0 Å². The Morgan fingerprint density at radius 2 is 1.47 bits per heavy atom. The van der Waals surface area contributed by atoms with E-state index in [0.717, 1.165) is 29.2 Å². The van der Waals surface area contributed by atoms with Crippen molar-refractivity contribution in [3.8, 4) is 11.4 Å². The average Bonchev–Trinajstić information content (AvgIpc) is 2.49. The minimum atomic E-state index is 0.448. The number of rotatable bonds is 3. The van der Waals surface area contributed by atoms with Gasteiger partial charge in [0.05, 0.1) is 11.4 Å². The van der Waals surface area contributed by atoms with Crippen molar-refractivity contribution in [2.75, 3.05) is 0 Å². The van der Waals surface area contributed by atoms with Crippen molar-refractivity contribution in [1.29, 1.82) is 0 Å². The lowest BCUT2D eigenvalue weighted by molar-refractivity contribution is 0.823. The van der Waals surface area contributed by atoms with Crippen molar-refractivity contribution in [1.82, 2.24) is 9.97 Å². The van der Waals surface area contributed by atoms with E-state index in [0.29, 0.717) is 5.92 Å². The molecule has 0 atom stereocenters. The smallest absolute Gasteiger partial charge is 0.0889 e. The summed E-state index contributed by atoms with van der Waals surface area (Å²) in [6.07, 6.45) is 0.956. The van der Waals surface area contributed by atoms with Crippen molar-refractivity contribution >= 4 is 0 Å². The number of hydrogen-bond acceptors (Lipinski definition) is 2. The van der Waals surface area contributed by atoms with Crippen LogP contribution in [0.5, 0.6) is 0 Å². The third-order valence-electron chi connectivity index (χ3n) is 2.79. The summed E-state index contributed by atoms with van der Waals surface area (Å²) in [4.78, 5) is 9.25. The summed E-state index contributed by atoms with van der Waals surface area (Å²) in [5.41, 5.74) is 4.16. The highest BCUT2D eigenvalue weighted by atomic mass is 14.8. The van der Waals surface area contributed by atoms with Crippen LogP contribution in [0.2, 0.25) is 0 Å². The molecule has 0 aliphatic heterocycles. The van der Waals surface area contributed by atoms with Gasteiger partial charge >= 0.3 is 0 Å². The van der Waals surface area contributed by atoms with Crippen LogP contribution >= 0.6 is 0 Å². The number of aromatic nitrogens is 2. The van der Waals surface area contributed by atoms with Gasteiger partial charge in [0.1, 0.15) is 0 Å². The van der Waals surface area contributed by atoms with Crippen molar-refractivity contribution in [3.05, 3.63) is 47.8 Å². The largest absolute Gasteiger partial charge is 0.251 e. The van der Waals surface area contributed by atoms with Gasteiger partial charge < -0.3 is 0 Å². The van der Waals surface area contributed by atoms with E-state index in [2.05, 4.69) is 48.9 Å². The van der Waals surface area contributed by atoms with E-state index in [1.54, 1.807) is 0 Å². The Bertz CT molecular complexity index is 504. The van der Waals surface area contributed by atoms with E-state index in [1.165, 1.54) is 0 Å². The summed E-state index contributed by atoms with van der Waals surface area (Å²) in [5.74, 6) is 0.448. The van der Waals surface area contributed by atoms with E-state index in [9.17, 15) is 0 Å². The topological polar surface area (TPSA) is 25.8 Å². The summed E-state index contributed by atoms with van der Waals surface area (Å²) in [7, 11) is 0. The van der Waals surface area contributed by atoms with Crippen LogP contribution < -0.4 is 0 Å². The zero-order chi connectivity index (χ0) is 14.3. The predicted octanol–water partition coefficient (Wildman–Crippen LogP) is 4.86. The van der Waals surface area contributed by atoms with Gasteiger partial charge in [-0.1, -0.05) is 46.8 Å². The molecule has 0 saturated carbocycles. The third kappa shape index (κ3) is 4.16. The van der Waals surface area contributed by atoms with E-state index in [1.807, 2.05) is 32.0 Å². The number of pyridine rings is 2. The Kier molecular flexibility index (Phi) is 6.20. The second-order valence-corrected chi connectivity index (χ2v) is 4.47. The molecule has 2 nitrogen and oxygen atoms in total. The quantitative estimate of drug-likeness (QED) is 0.784. The Hall–Kier alpha value is -1.70. The molecule has 0 bridgehead atoms. The Morgan fingerprint density at radius 1 is 0.895 bits per heavy atom. The van der Waals surface area contributed by atoms with Gasteiger partial charge in [0, 0.05) is 11.4 Å². The SMILES string of the molecule is CC.CCc1cccc(-c2cccc(C(C)C)n2)n1. The maximum Gasteiger partial charge on any atom is 0.0889 e. The number of nitrogens with zero attached hydrogens (tertiary/aromatic N) is 2. The maximum absolute atomic E-state index is 4.66. The lowest BCUT2D eigenvalue weighted by atomic mass is 10.1. The minimum Gasteiger partial charge on any atom is -0.251 e. The van der Waals surface area contributed by atoms with Gasteiger partial charge in [0.2, 0.25) is 0 Å². The van der Waals surface area contributed by atoms with E-state index < -0.39 is 0 Å². The Morgan fingerprint density at radius 3 is 2.05 bits per heavy atom. The number of aryl methyl sites for hydroxylation is 1. The molecule has 0 saturated heterocycles. The van der Waals surface area contributed by atoms with Crippen molar-refractivity contribution in [3.63, 3.8) is 0 Å². The van der Waals surface area contributed by atoms with Crippen LogP contribution in [0.1, 0.15) is 51.9 Å². The lowest BCUT2D eigenvalue weighted by Crippen LogP contribution is -1.96. The van der Waals surface area contributed by atoms with Crippen LogP contribution in [0.15, 0.2) is 36.4 Å². The summed E-state index contributed by atoms with van der Waals surface area (Å²) in [5, 5.41) is 0. The van der Waals surface area contributed by atoms with Crippen LogP contribution in [0.25, 0.3) is 11.4 Å². The second kappa shape index (κ2) is 7.67. The minimum absolute atomic E-state index is 0.448. The molecule has 2 rings (SSSR count). The molecule has 19 heavy (non-hydrogen) atoms. The van der Waals surface area contributed by atoms with Gasteiger partial charge in [-0.05, 0) is 36.6 Å². The van der Waals surface area contributed by atoms with Gasteiger partial charge in [0.15, 0.2) is 0 Å². The zero-order valence-electron chi connectivity index (χ0n) is 12.6. The second-order valence-electron chi connectivity index (χ2n) is 4.47. The molecular weight excluding hydrogens is 232 g/mol. The van der Waals surface area contributed by atoms with Crippen molar-refractivity contribution in [2.24, 2.45) is 0 Å². The zero-order valence-corrected chi connectivity index (χ0v) is 12.6. The molecule has 0 spiro atoms. The monoisotopic (exact) mass is 256 g/mol. The molecule has 0 unspecified atom stereocenters. The van der Waals surface area contributed by atoms with E-state index in [-0.39, 0.29) is 0 Å². The molecule has 2 heteroatoms. The van der Waals surface area contributed by atoms with Gasteiger partial charge in [-0.15, -0.1) is 0 Å². The molecule has 2 aromatic heterocycles. The Balaban J connectivity index is 0.000000861. The van der Waals surface area contributed by atoms with Crippen molar-refractivity contribution < 1.29 is 0 Å². The van der Waals surface area contributed by atoms with Gasteiger partial charge in [-0.2, -0.15) is 0 Å². The van der Waals surface area contributed by atoms with E-state index >= 15 is 0 Å². The standard InChI is InChI=1S/C15H18N2.C2H6/c1-4-12-7-5-9-14(16-12)15-10-6-8-13(17-15)11(2)3;1-2/h5-11H,4H2,1-3H3;1-2H3. The lowest BCUT2D eigenvalue weighted by Gasteiger charge is -2.07. The molecule has 2 aromatic rings. The van der Waals surface area contributed by atoms with Crippen LogP contribution in [-0.2, 0) is 6.42 Å². The molecule has 0 aliphatic carbocycles. The van der Waals surface area contributed by atoms with Gasteiger partial charge in [0.25, 0.3) is 0 Å². The highest BCUT2D eigenvalue weighted by molar-refractivity contribution is 5.54. The highest BCUT2D eigenvalue weighted by Gasteiger charge is 2.05. The van der Waals surface area contributed by atoms with Crippen molar-refractivity contribution in [2.45, 2.75) is 47.0 Å². The fourth-order valence-electron chi connectivity index (χ4n) is 1.73. The van der Waals surface area contributed by atoms with Crippen LogP contribution in [0.4, 0.5) is 0 Å². The first-order chi connectivity index (χ1) is 9.20. The van der Waals surface area contributed by atoms with Crippen LogP contribution in [0.3, 0.4) is 0 Å². The Labute approximate surface area is 116 Å². The maximum atomic E-state index is 4.66. The summed E-state index contributed by atoms with van der Waals surface area (Å²) in [6, 6.07) is 12.3. The molecule has 0 aliphatic rings. The molecule has 0 fully saturated rings. The first kappa shape index (κ1) is 15.4. The van der Waals surface area contributed by atoms with Crippen LogP contribution in [0, 0.1) is 0 Å². The average molecular weight is 256 g/mol. The summed E-state index contributed by atoms with van der Waals surface area (Å²) >= 11 is 0. The first-order valence-corrected chi connectivity index (χ1v) is 7.14. The van der Waals surface area contributed by atoms with Gasteiger partial charge in [-0.3, -0.25) is 9.97 Å². The first-order valence-electron chi connectivity index (χ1n) is 7.14. The number of hydrogen-bond donors (Lipinski definition) is 0. The summed E-state index contributed by atoms with van der Waals surface area (Å²) in [6.45, 7) is 10.4. The fourth-order valence-corrected chi connectivity index (χ4v) is 1.73. The fraction of sp³-hybridized carbons (Fsp3) is 0.412. The molecule has 0 N–H and O–H groups in total. The third-order valence-corrected chi connectivity index (χ3v) is 2.79. The molecule has 0 amide bonds. The molecule has 0 radical (unpaired) electrons. The molecule has 102 valence electrons. The molecule has 2 heterocycles. The van der Waals surface area contributed by atoms with Crippen LogP contribution in [-0.4, -0.2) is 9.97 Å². The predicted molar refractivity (Wildman–Crippen MR) is 82.3 cm³/mol.